The fourth-order valence-corrected chi connectivity index (χ4v) is 6.18. The number of aryl methyl sites for hydroxylation is 3. The quantitative estimate of drug-likeness (QED) is 0.610. The molecule has 0 aliphatic carbocycles. The minimum absolute atomic E-state index is 0.0105. The number of pyridine rings is 1. The first kappa shape index (κ1) is 20.9. The lowest BCUT2D eigenvalue weighted by atomic mass is 9.96. The lowest BCUT2D eigenvalue weighted by Gasteiger charge is -2.31. The average molecular weight is 449 g/mol. The summed E-state index contributed by atoms with van der Waals surface area (Å²) < 4.78 is 33.0. The van der Waals surface area contributed by atoms with Gasteiger partial charge in [-0.3, -0.25) is 0 Å². The third kappa shape index (κ3) is 4.09. The van der Waals surface area contributed by atoms with E-state index in [-0.39, 0.29) is 10.8 Å². The summed E-state index contributed by atoms with van der Waals surface area (Å²) in [6.45, 7) is 6.17. The van der Waals surface area contributed by atoms with Gasteiger partial charge in [0.2, 0.25) is 15.2 Å². The zero-order valence-corrected chi connectivity index (χ0v) is 18.8. The van der Waals surface area contributed by atoms with Crippen LogP contribution in [0.25, 0.3) is 0 Å². The Morgan fingerprint density at radius 3 is 2.83 bits per heavy atom. The predicted molar refractivity (Wildman–Crippen MR) is 114 cm³/mol. The maximum Gasteiger partial charge on any atom is 0.248 e. The van der Waals surface area contributed by atoms with Crippen LogP contribution in [-0.2, 0) is 16.4 Å². The van der Waals surface area contributed by atoms with Crippen LogP contribution in [0.2, 0.25) is 0 Å². The fraction of sp³-hybridized carbons (Fsp3) is 0.474. The molecule has 9 nitrogen and oxygen atoms in total. The highest BCUT2D eigenvalue weighted by molar-refractivity contribution is 7.89. The van der Waals surface area contributed by atoms with E-state index in [4.69, 9.17) is 9.51 Å². The first-order valence-corrected chi connectivity index (χ1v) is 12.1. The van der Waals surface area contributed by atoms with Crippen molar-refractivity contribution in [2.45, 2.75) is 50.8 Å². The van der Waals surface area contributed by atoms with Gasteiger partial charge in [-0.1, -0.05) is 29.5 Å². The number of rotatable bonds is 6. The van der Waals surface area contributed by atoms with Crippen molar-refractivity contribution < 1.29 is 12.9 Å². The molecule has 0 saturated carbocycles. The van der Waals surface area contributed by atoms with Crippen LogP contribution < -0.4 is 5.32 Å². The van der Waals surface area contributed by atoms with E-state index in [1.807, 2.05) is 25.1 Å². The Balaban J connectivity index is 1.53. The summed E-state index contributed by atoms with van der Waals surface area (Å²) in [5.74, 6) is 1.01. The van der Waals surface area contributed by atoms with Crippen molar-refractivity contribution in [2.24, 2.45) is 0 Å². The molecule has 0 radical (unpaired) electrons. The fourth-order valence-electron chi connectivity index (χ4n) is 3.68. The molecule has 1 aliphatic heterocycles. The van der Waals surface area contributed by atoms with Crippen LogP contribution in [0.4, 0.5) is 10.9 Å². The van der Waals surface area contributed by atoms with Crippen molar-refractivity contribution in [3.63, 3.8) is 0 Å². The van der Waals surface area contributed by atoms with Crippen molar-refractivity contribution in [1.29, 1.82) is 0 Å². The summed E-state index contributed by atoms with van der Waals surface area (Å²) in [6, 6.07) is 5.74. The molecule has 4 rings (SSSR count). The van der Waals surface area contributed by atoms with E-state index in [9.17, 15) is 8.42 Å². The number of sulfonamides is 1. The molecule has 4 heterocycles. The van der Waals surface area contributed by atoms with Crippen molar-refractivity contribution in [2.75, 3.05) is 18.4 Å². The van der Waals surface area contributed by atoms with Gasteiger partial charge < -0.3 is 9.84 Å². The maximum atomic E-state index is 13.2. The Kier molecular flexibility index (Phi) is 5.85. The van der Waals surface area contributed by atoms with E-state index in [1.54, 1.807) is 13.8 Å². The van der Waals surface area contributed by atoms with Gasteiger partial charge >= 0.3 is 0 Å². The van der Waals surface area contributed by atoms with Crippen LogP contribution in [0.15, 0.2) is 27.6 Å². The van der Waals surface area contributed by atoms with E-state index in [0.717, 1.165) is 30.0 Å². The van der Waals surface area contributed by atoms with Crippen LogP contribution in [0.3, 0.4) is 0 Å². The second kappa shape index (κ2) is 8.40. The van der Waals surface area contributed by atoms with Gasteiger partial charge in [0, 0.05) is 24.7 Å². The Hall–Kier alpha value is -2.37. The molecule has 3 aromatic heterocycles. The Morgan fingerprint density at radius 2 is 2.13 bits per heavy atom. The highest BCUT2D eigenvalue weighted by atomic mass is 32.2. The Morgan fingerprint density at radius 1 is 1.30 bits per heavy atom. The van der Waals surface area contributed by atoms with Crippen LogP contribution in [0.1, 0.15) is 47.8 Å². The summed E-state index contributed by atoms with van der Waals surface area (Å²) in [7, 11) is -3.66. The topological polar surface area (TPSA) is 114 Å². The minimum Gasteiger partial charge on any atom is -0.360 e. The van der Waals surface area contributed by atoms with Gasteiger partial charge in [-0.25, -0.2) is 13.4 Å². The van der Waals surface area contributed by atoms with Gasteiger partial charge in [0.1, 0.15) is 21.4 Å². The third-order valence-electron chi connectivity index (χ3n) is 5.14. The van der Waals surface area contributed by atoms with Crippen molar-refractivity contribution >= 4 is 32.3 Å². The lowest BCUT2D eigenvalue weighted by molar-refractivity contribution is 0.312. The smallest absolute Gasteiger partial charge is 0.248 e. The van der Waals surface area contributed by atoms with E-state index >= 15 is 0 Å². The molecule has 3 aromatic rings. The first-order valence-electron chi connectivity index (χ1n) is 9.88. The van der Waals surface area contributed by atoms with Crippen LogP contribution in [0, 0.1) is 13.8 Å². The molecule has 0 unspecified atom stereocenters. The van der Waals surface area contributed by atoms with Gasteiger partial charge in [-0.05, 0) is 45.2 Å². The van der Waals surface area contributed by atoms with Gasteiger partial charge in [-0.2, -0.15) is 4.31 Å². The highest BCUT2D eigenvalue weighted by Crippen LogP contribution is 2.32. The van der Waals surface area contributed by atoms with Crippen LogP contribution in [0.5, 0.6) is 0 Å². The van der Waals surface area contributed by atoms with E-state index in [1.165, 1.54) is 15.6 Å². The number of piperidine rings is 1. The molecule has 1 N–H and O–H groups in total. The summed E-state index contributed by atoms with van der Waals surface area (Å²) in [6.07, 6.45) is 2.48. The van der Waals surface area contributed by atoms with Crippen molar-refractivity contribution in [3.8, 4) is 0 Å². The van der Waals surface area contributed by atoms with Crippen LogP contribution >= 0.6 is 11.3 Å². The molecule has 0 amide bonds. The zero-order valence-electron chi connectivity index (χ0n) is 17.1. The van der Waals surface area contributed by atoms with Gasteiger partial charge in [0.25, 0.3) is 0 Å². The van der Waals surface area contributed by atoms with Crippen molar-refractivity contribution in [3.05, 3.63) is 40.4 Å². The lowest BCUT2D eigenvalue weighted by Crippen LogP contribution is -2.39. The SMILES string of the molecule is CCc1nnc(Nc2cccc([C@H]3CCCN(S(=O)(=O)c4c(C)noc4C)C3)n2)s1. The minimum atomic E-state index is -3.66. The van der Waals surface area contributed by atoms with E-state index in [2.05, 4.69) is 20.7 Å². The van der Waals surface area contributed by atoms with Crippen molar-refractivity contribution in [1.82, 2.24) is 24.6 Å². The highest BCUT2D eigenvalue weighted by Gasteiger charge is 2.35. The first-order chi connectivity index (χ1) is 14.4. The predicted octanol–water partition coefficient (Wildman–Crippen LogP) is 3.41. The summed E-state index contributed by atoms with van der Waals surface area (Å²) in [4.78, 5) is 4.89. The standard InChI is InChI=1S/C19H24N6O3S2/c1-4-17-22-23-19(29-17)21-16-9-5-8-15(20-16)14-7-6-10-25(11-14)30(26,27)18-12(2)24-28-13(18)3/h5,8-9,14H,4,6-7,10-11H2,1-3H3,(H,20,21,23)/t14-/m0/s1. The number of anilines is 2. The maximum absolute atomic E-state index is 13.2. The molecule has 0 bridgehead atoms. The molecule has 1 fully saturated rings. The molecule has 0 aromatic carbocycles. The largest absolute Gasteiger partial charge is 0.360 e. The monoisotopic (exact) mass is 448 g/mol. The molecular weight excluding hydrogens is 424 g/mol. The second-order valence-electron chi connectivity index (χ2n) is 7.28. The molecule has 11 heteroatoms. The number of nitrogens with zero attached hydrogens (tertiary/aromatic N) is 5. The Bertz CT molecular complexity index is 1120. The zero-order chi connectivity index (χ0) is 21.3. The summed E-state index contributed by atoms with van der Waals surface area (Å²) >= 11 is 1.50. The average Bonchev–Trinajstić information content (AvgIpc) is 3.34. The van der Waals surface area contributed by atoms with Gasteiger partial charge in [-0.15, -0.1) is 10.2 Å². The van der Waals surface area contributed by atoms with Gasteiger partial charge in [0.05, 0.1) is 0 Å². The summed E-state index contributed by atoms with van der Waals surface area (Å²) in [5, 5.41) is 16.9. The molecule has 1 aliphatic rings. The number of hydrogen-bond acceptors (Lipinski definition) is 9. The number of aromatic nitrogens is 4. The molecule has 160 valence electrons. The second-order valence-corrected chi connectivity index (χ2v) is 10.2. The summed E-state index contributed by atoms with van der Waals surface area (Å²) in [5.41, 5.74) is 1.25. The van der Waals surface area contributed by atoms with E-state index < -0.39 is 10.0 Å². The number of nitrogens with one attached hydrogen (secondary N) is 1. The third-order valence-corrected chi connectivity index (χ3v) is 8.24. The van der Waals surface area contributed by atoms with Crippen LogP contribution in [-0.4, -0.2) is 46.2 Å². The molecular formula is C19H24N6O3S2. The van der Waals surface area contributed by atoms with Gasteiger partial charge in [0.15, 0.2) is 5.76 Å². The molecule has 30 heavy (non-hydrogen) atoms. The molecule has 1 atom stereocenters. The Labute approximate surface area is 179 Å². The van der Waals surface area contributed by atoms with E-state index in [0.29, 0.717) is 35.5 Å². The normalized spacial score (nSPS) is 17.9. The molecule has 0 spiro atoms. The molecule has 1 saturated heterocycles. The number of hydrogen-bond donors (Lipinski definition) is 1.